The normalized spacial score (nSPS) is 15.1. The van der Waals surface area contributed by atoms with E-state index in [1.807, 2.05) is 54.6 Å². The number of rotatable bonds is 19. The number of halogens is 1. The lowest BCUT2D eigenvalue weighted by Gasteiger charge is -2.36. The van der Waals surface area contributed by atoms with E-state index in [-0.39, 0.29) is 100 Å². The van der Waals surface area contributed by atoms with E-state index in [4.69, 9.17) is 34.5 Å². The van der Waals surface area contributed by atoms with Gasteiger partial charge in [0.05, 0.1) is 13.1 Å². The molecule has 76 heavy (non-hydrogen) atoms. The van der Waals surface area contributed by atoms with Crippen LogP contribution in [0, 0.1) is 6.92 Å². The number of hydrogen-bond acceptors (Lipinski definition) is 10. The highest BCUT2D eigenvalue weighted by Gasteiger charge is 2.38. The largest absolute Gasteiger partial charge is 0.480 e. The zero-order valence-corrected chi connectivity index (χ0v) is 42.5. The maximum absolute atomic E-state index is 13.7. The third kappa shape index (κ3) is 15.8. The number of carboxylic acids is 1. The smallest absolute Gasteiger partial charge is 0.328 e. The highest BCUT2D eigenvalue weighted by Crippen LogP contribution is 2.27. The standard InChI is InChI=1S/C31H33ClN6O4.C24H27N5O5/c1-19-15-23(11-12-24(19)32)36-29(41)25(17-35-31(33)34)37-30(42)26-16-21-9-5-6-10-22(21)18-38(26)28(40)14-13-27(39)20-7-3-2-4-8-20;25-24(26)27-13-18(23(33)34)28-22(32)19-12-16-8-4-5-9-17(16)14-29(19)21(31)11-10-20(30)15-6-2-1-3-7-15/h2-12,15,25-26H,13-14,16-18H2,1H3,(H,36,41)(H,37,42)(H4,33,34,35);1-9,18-19H,10-14H2,(H,28,32)(H,33,34)(H4,25,26,27)/t25-,26?;18-,19?/m00/s1. The number of hydrogen-bond donors (Lipinski definition) is 8. The Balaban J connectivity index is 0.000000252. The van der Waals surface area contributed by atoms with Crippen molar-refractivity contribution in [2.24, 2.45) is 32.9 Å². The van der Waals surface area contributed by atoms with Crippen molar-refractivity contribution >= 4 is 76.3 Å². The number of fused-ring (bicyclic) bond motifs is 2. The van der Waals surface area contributed by atoms with Crippen LogP contribution in [0.2, 0.25) is 5.02 Å². The van der Waals surface area contributed by atoms with Gasteiger partial charge in [-0.05, 0) is 52.9 Å². The molecule has 0 spiro atoms. The van der Waals surface area contributed by atoms with E-state index in [1.54, 1.807) is 79.7 Å². The summed E-state index contributed by atoms with van der Waals surface area (Å²) in [6.45, 7) is 1.62. The SMILES string of the molecule is Cc1cc(NC(=O)[C@H](CN=C(N)N)NC(=O)C2Cc3ccccc3CN2C(=O)CCC(=O)c2ccccc2)ccc1Cl.NC(N)=NC[C@H](NC(=O)C1Cc2ccccc2CN1C(=O)CCC(=O)c1ccccc1)C(=O)O. The highest BCUT2D eigenvalue weighted by atomic mass is 35.5. The van der Waals surface area contributed by atoms with E-state index in [9.17, 15) is 43.5 Å². The molecule has 20 nitrogen and oxygen atoms in total. The molecule has 0 fully saturated rings. The number of nitrogens with two attached hydrogens (primary N) is 4. The zero-order valence-electron chi connectivity index (χ0n) is 41.7. The Morgan fingerprint density at radius 1 is 0.579 bits per heavy atom. The van der Waals surface area contributed by atoms with Gasteiger partial charge in [0.15, 0.2) is 23.5 Å². The second-order valence-electron chi connectivity index (χ2n) is 18.0. The van der Waals surface area contributed by atoms with Gasteiger partial charge in [0, 0.05) is 73.5 Å². The van der Waals surface area contributed by atoms with Crippen molar-refractivity contribution in [2.45, 2.75) is 82.7 Å². The molecule has 5 aromatic rings. The summed E-state index contributed by atoms with van der Waals surface area (Å²) in [4.78, 5) is 114. The van der Waals surface area contributed by atoms with Crippen LogP contribution < -0.4 is 38.9 Å². The molecule has 4 atom stereocenters. The predicted octanol–water partition coefficient (Wildman–Crippen LogP) is 3.41. The van der Waals surface area contributed by atoms with Crippen LogP contribution in [0.4, 0.5) is 5.69 Å². The minimum absolute atomic E-state index is 0.00241. The molecule has 2 aliphatic rings. The summed E-state index contributed by atoms with van der Waals surface area (Å²) in [5, 5.41) is 17.9. The minimum atomic E-state index is -1.36. The number of aryl methyl sites for hydroxylation is 1. The maximum Gasteiger partial charge on any atom is 0.328 e. The van der Waals surface area contributed by atoms with E-state index in [0.717, 1.165) is 27.8 Å². The van der Waals surface area contributed by atoms with Crippen LogP contribution in [0.15, 0.2) is 137 Å². The van der Waals surface area contributed by atoms with Gasteiger partial charge in [-0.25, -0.2) is 4.79 Å². The first-order valence-corrected chi connectivity index (χ1v) is 24.7. The number of aliphatic carboxylic acids is 1. The van der Waals surface area contributed by atoms with Gasteiger partial charge in [0.25, 0.3) is 0 Å². The van der Waals surface area contributed by atoms with Crippen molar-refractivity contribution in [2.75, 3.05) is 18.4 Å². The molecule has 396 valence electrons. The molecular weight excluding hydrogens is 994 g/mol. The lowest BCUT2D eigenvalue weighted by atomic mass is 9.92. The van der Waals surface area contributed by atoms with Crippen LogP contribution in [0.1, 0.15) is 74.2 Å². The van der Waals surface area contributed by atoms with Crippen LogP contribution in [-0.2, 0) is 54.7 Å². The topological polar surface area (TPSA) is 328 Å². The molecule has 2 aliphatic heterocycles. The number of aliphatic imine (C=N–C) groups is 2. The Morgan fingerprint density at radius 2 is 0.987 bits per heavy atom. The van der Waals surface area contributed by atoms with E-state index in [2.05, 4.69) is 25.9 Å². The molecular formula is C55H60ClN11O9. The van der Waals surface area contributed by atoms with Gasteiger partial charge < -0.3 is 53.8 Å². The van der Waals surface area contributed by atoms with E-state index >= 15 is 0 Å². The first-order valence-electron chi connectivity index (χ1n) is 24.3. The highest BCUT2D eigenvalue weighted by molar-refractivity contribution is 6.31. The second kappa shape index (κ2) is 26.9. The van der Waals surface area contributed by atoms with Gasteiger partial charge in [-0.15, -0.1) is 0 Å². The van der Waals surface area contributed by atoms with E-state index < -0.39 is 47.9 Å². The first-order chi connectivity index (χ1) is 36.4. The maximum atomic E-state index is 13.7. The molecule has 12 N–H and O–H groups in total. The van der Waals surface area contributed by atoms with Crippen LogP contribution in [-0.4, -0.2) is 111 Å². The number of nitrogens with zero attached hydrogens (tertiary/aromatic N) is 4. The molecule has 5 aromatic carbocycles. The third-order valence-corrected chi connectivity index (χ3v) is 13.1. The average Bonchev–Trinajstić information content (AvgIpc) is 3.42. The van der Waals surface area contributed by atoms with Crippen molar-refractivity contribution in [1.29, 1.82) is 0 Å². The summed E-state index contributed by atoms with van der Waals surface area (Å²) in [7, 11) is 0. The number of amides is 5. The fraction of sp³-hybridized carbons (Fsp3) is 0.273. The number of Topliss-reactive ketones (excluding diaryl/α,β-unsaturated/α-hetero) is 2. The first kappa shape index (κ1) is 56.4. The third-order valence-electron chi connectivity index (χ3n) is 12.7. The summed E-state index contributed by atoms with van der Waals surface area (Å²) in [6, 6.07) is 33.0. The van der Waals surface area contributed by atoms with Crippen molar-refractivity contribution in [1.82, 2.24) is 20.4 Å². The number of benzene rings is 5. The predicted molar refractivity (Wildman–Crippen MR) is 287 cm³/mol. The van der Waals surface area contributed by atoms with Gasteiger partial charge in [-0.2, -0.15) is 0 Å². The number of guanidine groups is 2. The van der Waals surface area contributed by atoms with Crippen LogP contribution >= 0.6 is 11.6 Å². The molecule has 0 aromatic heterocycles. The second-order valence-corrected chi connectivity index (χ2v) is 18.5. The number of carboxylic acid groups (broad SMARTS) is 1. The van der Waals surface area contributed by atoms with Gasteiger partial charge in [-0.1, -0.05) is 121 Å². The fourth-order valence-corrected chi connectivity index (χ4v) is 8.68. The van der Waals surface area contributed by atoms with Gasteiger partial charge in [0.2, 0.25) is 29.5 Å². The molecule has 0 saturated heterocycles. The average molecular weight is 1050 g/mol. The Bertz CT molecular complexity index is 3000. The molecule has 5 amide bonds. The summed E-state index contributed by atoms with van der Waals surface area (Å²) in [6.07, 6.45) is 0.328. The fourth-order valence-electron chi connectivity index (χ4n) is 8.56. The van der Waals surface area contributed by atoms with E-state index in [1.165, 1.54) is 9.80 Å². The van der Waals surface area contributed by atoms with Crippen molar-refractivity contribution in [3.63, 3.8) is 0 Å². The lowest BCUT2D eigenvalue weighted by Crippen LogP contribution is -2.56. The summed E-state index contributed by atoms with van der Waals surface area (Å²) < 4.78 is 0. The van der Waals surface area contributed by atoms with Crippen molar-refractivity contribution in [3.05, 3.63) is 171 Å². The Labute approximate surface area is 443 Å². The number of nitrogens with one attached hydrogen (secondary N) is 3. The molecule has 21 heteroatoms. The number of carbonyl (C=O) groups is 8. The lowest BCUT2D eigenvalue weighted by molar-refractivity contribution is -0.145. The monoisotopic (exact) mass is 1050 g/mol. The molecule has 0 aliphatic carbocycles. The number of carbonyl (C=O) groups excluding carboxylic acids is 7. The van der Waals surface area contributed by atoms with Crippen LogP contribution in [0.25, 0.3) is 0 Å². The Morgan fingerprint density at radius 3 is 1.41 bits per heavy atom. The Kier molecular flexibility index (Phi) is 19.9. The summed E-state index contributed by atoms with van der Waals surface area (Å²) >= 11 is 6.10. The van der Waals surface area contributed by atoms with Gasteiger partial charge in [0.1, 0.15) is 24.2 Å². The summed E-state index contributed by atoms with van der Waals surface area (Å²) in [5.41, 5.74) is 27.5. The molecule has 7 rings (SSSR count). The quantitative estimate of drug-likeness (QED) is 0.0334. The number of ketones is 2. The molecule has 0 bridgehead atoms. The van der Waals surface area contributed by atoms with Crippen molar-refractivity contribution in [3.8, 4) is 0 Å². The summed E-state index contributed by atoms with van der Waals surface area (Å²) in [5.74, 6) is -4.59. The molecule has 2 heterocycles. The van der Waals surface area contributed by atoms with Gasteiger partial charge in [-0.3, -0.25) is 43.5 Å². The molecule has 0 saturated carbocycles. The van der Waals surface area contributed by atoms with Crippen molar-refractivity contribution < 1.29 is 43.5 Å². The zero-order chi connectivity index (χ0) is 54.9. The van der Waals surface area contributed by atoms with Crippen LogP contribution in [0.5, 0.6) is 0 Å². The van der Waals surface area contributed by atoms with E-state index in [0.29, 0.717) is 21.8 Å². The molecule has 0 radical (unpaired) electrons. The minimum Gasteiger partial charge on any atom is -0.480 e. The van der Waals surface area contributed by atoms with Gasteiger partial charge >= 0.3 is 5.97 Å². The van der Waals surface area contributed by atoms with Crippen LogP contribution in [0.3, 0.4) is 0 Å². The molecule has 2 unspecified atom stereocenters. The Hall–Kier alpha value is -8.91. The number of anilines is 1.